The first kappa shape index (κ1) is 13.5. The van der Waals surface area contributed by atoms with Crippen LogP contribution in [0.5, 0.6) is 0 Å². The number of unbranched alkanes of at least 4 members (excludes halogenated alkanes) is 2. The molecule has 0 atom stereocenters. The van der Waals surface area contributed by atoms with Crippen LogP contribution in [0.1, 0.15) is 38.2 Å². The third-order valence-corrected chi connectivity index (χ3v) is 3.14. The molecule has 0 aliphatic carbocycles. The number of aliphatic imine (C=N–C) groups is 1. The third-order valence-electron chi connectivity index (χ3n) is 3.14. The number of nitrogens with zero attached hydrogens (tertiary/aromatic N) is 1. The summed E-state index contributed by atoms with van der Waals surface area (Å²) in [6, 6.07) is 20.7. The maximum Gasteiger partial charge on any atom is 0.0633 e. The molecular weight excluding hydrogens is 230 g/mol. The molecule has 1 heteroatoms. The van der Waals surface area contributed by atoms with E-state index in [4.69, 9.17) is 4.99 Å². The van der Waals surface area contributed by atoms with Gasteiger partial charge in [0, 0.05) is 5.71 Å². The second-order valence-electron chi connectivity index (χ2n) is 4.72. The van der Waals surface area contributed by atoms with Crippen LogP contribution in [0, 0.1) is 0 Å². The maximum absolute atomic E-state index is 4.82. The van der Waals surface area contributed by atoms with Crippen LogP contribution in [0.15, 0.2) is 65.7 Å². The van der Waals surface area contributed by atoms with Gasteiger partial charge in [-0.1, -0.05) is 68.3 Å². The van der Waals surface area contributed by atoms with Crippen molar-refractivity contribution >= 4 is 11.4 Å². The maximum atomic E-state index is 4.82. The molecule has 0 bridgehead atoms. The first-order chi connectivity index (χ1) is 9.40. The van der Waals surface area contributed by atoms with Gasteiger partial charge in [-0.3, -0.25) is 4.99 Å². The van der Waals surface area contributed by atoms with Crippen LogP contribution < -0.4 is 0 Å². The zero-order valence-corrected chi connectivity index (χ0v) is 11.5. The molecule has 0 N–H and O–H groups in total. The Kier molecular flexibility index (Phi) is 5.36. The van der Waals surface area contributed by atoms with Crippen LogP contribution in [0.3, 0.4) is 0 Å². The molecule has 2 rings (SSSR count). The van der Waals surface area contributed by atoms with Gasteiger partial charge in [0.05, 0.1) is 5.69 Å². The molecule has 0 aromatic heterocycles. The Morgan fingerprint density at radius 3 is 2.11 bits per heavy atom. The van der Waals surface area contributed by atoms with Gasteiger partial charge in [0.2, 0.25) is 0 Å². The molecule has 98 valence electrons. The first-order valence-corrected chi connectivity index (χ1v) is 7.08. The van der Waals surface area contributed by atoms with E-state index < -0.39 is 0 Å². The summed E-state index contributed by atoms with van der Waals surface area (Å²) in [6.07, 6.45) is 4.76. The number of para-hydroxylation sites is 1. The Balaban J connectivity index is 2.22. The van der Waals surface area contributed by atoms with Gasteiger partial charge in [-0.2, -0.15) is 0 Å². The molecule has 0 radical (unpaired) electrons. The summed E-state index contributed by atoms with van der Waals surface area (Å²) in [5.41, 5.74) is 3.47. The van der Waals surface area contributed by atoms with E-state index in [1.807, 2.05) is 18.2 Å². The van der Waals surface area contributed by atoms with Gasteiger partial charge in [-0.15, -0.1) is 0 Å². The van der Waals surface area contributed by atoms with Crippen molar-refractivity contribution in [1.82, 2.24) is 0 Å². The van der Waals surface area contributed by atoms with E-state index in [9.17, 15) is 0 Å². The predicted molar refractivity (Wildman–Crippen MR) is 83.2 cm³/mol. The fourth-order valence-corrected chi connectivity index (χ4v) is 2.10. The topological polar surface area (TPSA) is 12.4 Å². The molecule has 0 heterocycles. The van der Waals surface area contributed by atoms with E-state index in [1.54, 1.807) is 0 Å². The smallest absolute Gasteiger partial charge is 0.0633 e. The zero-order valence-electron chi connectivity index (χ0n) is 11.5. The molecule has 0 aliphatic heterocycles. The Bertz CT molecular complexity index is 500. The van der Waals surface area contributed by atoms with Crippen molar-refractivity contribution in [3.8, 4) is 0 Å². The van der Waals surface area contributed by atoms with Gasteiger partial charge >= 0.3 is 0 Å². The summed E-state index contributed by atoms with van der Waals surface area (Å²) in [5, 5.41) is 0. The molecule has 0 fully saturated rings. The minimum Gasteiger partial charge on any atom is -0.253 e. The Hall–Kier alpha value is -1.89. The van der Waals surface area contributed by atoms with Crippen molar-refractivity contribution in [2.24, 2.45) is 4.99 Å². The van der Waals surface area contributed by atoms with Crippen LogP contribution in [-0.2, 0) is 0 Å². The average Bonchev–Trinajstić information content (AvgIpc) is 2.48. The second-order valence-corrected chi connectivity index (χ2v) is 4.72. The number of benzene rings is 2. The molecule has 2 aromatic rings. The van der Waals surface area contributed by atoms with Crippen LogP contribution in [0.25, 0.3) is 0 Å². The Morgan fingerprint density at radius 1 is 0.842 bits per heavy atom. The van der Waals surface area contributed by atoms with E-state index in [0.717, 1.165) is 12.1 Å². The first-order valence-electron chi connectivity index (χ1n) is 7.08. The minimum atomic E-state index is 1.04. The van der Waals surface area contributed by atoms with Crippen molar-refractivity contribution in [3.05, 3.63) is 66.2 Å². The van der Waals surface area contributed by atoms with Crippen LogP contribution in [0.4, 0.5) is 5.69 Å². The van der Waals surface area contributed by atoms with Crippen molar-refractivity contribution in [2.45, 2.75) is 32.6 Å². The Morgan fingerprint density at radius 2 is 1.47 bits per heavy atom. The van der Waals surface area contributed by atoms with Gasteiger partial charge in [0.15, 0.2) is 0 Å². The quantitative estimate of drug-likeness (QED) is 0.482. The molecule has 0 saturated carbocycles. The highest BCUT2D eigenvalue weighted by atomic mass is 14.7. The highest BCUT2D eigenvalue weighted by molar-refractivity contribution is 6.02. The van der Waals surface area contributed by atoms with E-state index in [0.29, 0.717) is 0 Å². The molecule has 0 saturated heterocycles. The molecule has 2 aromatic carbocycles. The molecule has 19 heavy (non-hydrogen) atoms. The molecule has 0 amide bonds. The number of hydrogen-bond acceptors (Lipinski definition) is 1. The van der Waals surface area contributed by atoms with Gasteiger partial charge in [-0.25, -0.2) is 0 Å². The fourth-order valence-electron chi connectivity index (χ4n) is 2.10. The summed E-state index contributed by atoms with van der Waals surface area (Å²) < 4.78 is 0. The molecule has 0 spiro atoms. The largest absolute Gasteiger partial charge is 0.253 e. The summed E-state index contributed by atoms with van der Waals surface area (Å²) >= 11 is 0. The summed E-state index contributed by atoms with van der Waals surface area (Å²) in [4.78, 5) is 4.82. The molecule has 0 aliphatic rings. The van der Waals surface area contributed by atoms with Gasteiger partial charge in [-0.05, 0) is 30.5 Å². The summed E-state index contributed by atoms with van der Waals surface area (Å²) in [5.74, 6) is 0. The monoisotopic (exact) mass is 251 g/mol. The average molecular weight is 251 g/mol. The lowest BCUT2D eigenvalue weighted by atomic mass is 10.0. The number of rotatable bonds is 6. The SMILES string of the molecule is CCCCCC(=Nc1ccccc1)c1ccccc1. The van der Waals surface area contributed by atoms with Crippen LogP contribution in [-0.4, -0.2) is 5.71 Å². The highest BCUT2D eigenvalue weighted by Gasteiger charge is 2.03. The normalized spacial score (nSPS) is 11.5. The number of hydrogen-bond donors (Lipinski definition) is 0. The highest BCUT2D eigenvalue weighted by Crippen LogP contribution is 2.16. The standard InChI is InChI=1S/C18H21N/c1-2-3-6-15-18(16-11-7-4-8-12-16)19-17-13-9-5-10-14-17/h4-5,7-14H,2-3,6,15H2,1H3. The van der Waals surface area contributed by atoms with E-state index in [2.05, 4.69) is 49.4 Å². The van der Waals surface area contributed by atoms with Gasteiger partial charge in [0.25, 0.3) is 0 Å². The van der Waals surface area contributed by atoms with Gasteiger partial charge < -0.3 is 0 Å². The minimum absolute atomic E-state index is 1.04. The van der Waals surface area contributed by atoms with Crippen molar-refractivity contribution in [2.75, 3.05) is 0 Å². The van der Waals surface area contributed by atoms with Crippen molar-refractivity contribution in [3.63, 3.8) is 0 Å². The second kappa shape index (κ2) is 7.52. The third kappa shape index (κ3) is 4.36. The lowest BCUT2D eigenvalue weighted by Gasteiger charge is -2.07. The molecular formula is C18H21N. The predicted octanol–water partition coefficient (Wildman–Crippen LogP) is 5.39. The van der Waals surface area contributed by atoms with Crippen molar-refractivity contribution < 1.29 is 0 Å². The van der Waals surface area contributed by atoms with E-state index >= 15 is 0 Å². The molecule has 1 nitrogen and oxygen atoms in total. The van der Waals surface area contributed by atoms with Gasteiger partial charge in [0.1, 0.15) is 0 Å². The van der Waals surface area contributed by atoms with E-state index in [-0.39, 0.29) is 0 Å². The Labute approximate surface area is 116 Å². The van der Waals surface area contributed by atoms with Crippen LogP contribution in [0.2, 0.25) is 0 Å². The van der Waals surface area contributed by atoms with Crippen LogP contribution >= 0.6 is 0 Å². The summed E-state index contributed by atoms with van der Waals surface area (Å²) in [6.45, 7) is 2.23. The zero-order chi connectivity index (χ0) is 13.3. The lowest BCUT2D eigenvalue weighted by Crippen LogP contribution is -2.00. The molecule has 0 unspecified atom stereocenters. The summed E-state index contributed by atoms with van der Waals surface area (Å²) in [7, 11) is 0. The van der Waals surface area contributed by atoms with Crippen molar-refractivity contribution in [1.29, 1.82) is 0 Å². The van der Waals surface area contributed by atoms with E-state index in [1.165, 1.54) is 30.5 Å². The fraction of sp³-hybridized carbons (Fsp3) is 0.278. The lowest BCUT2D eigenvalue weighted by molar-refractivity contribution is 0.742.